The molecule has 0 aromatic rings. The molecule has 0 rings (SSSR count). The van der Waals surface area contributed by atoms with Gasteiger partial charge in [0.1, 0.15) is 0 Å². The Kier molecular flexibility index (Phi) is 12.0. The third-order valence-corrected chi connectivity index (χ3v) is 5.11. The lowest BCUT2D eigenvalue weighted by molar-refractivity contribution is -0.137. The zero-order valence-corrected chi connectivity index (χ0v) is 14.4. The topological polar surface area (TPSA) is 91.7 Å². The summed E-state index contributed by atoms with van der Waals surface area (Å²) < 4.78 is 11.6. The number of carboxylic acid groups (broad SMARTS) is 2. The molecule has 0 aromatic carbocycles. The molecule has 0 aliphatic heterocycles. The first-order chi connectivity index (χ1) is 10.5. The van der Waals surface area contributed by atoms with E-state index in [1.807, 2.05) is 0 Å². The summed E-state index contributed by atoms with van der Waals surface area (Å²) in [6.45, 7) is 2.17. The normalized spacial score (nSPS) is 11.7. The summed E-state index contributed by atoms with van der Waals surface area (Å²) in [7, 11) is -0.125. The Balaban J connectivity index is 4.28. The molecular weight excluding hydrogens is 303 g/mol. The Morgan fingerprint density at radius 3 is 1.68 bits per heavy atom. The molecule has 0 aliphatic rings. The maximum Gasteiger partial charge on any atom is 0.303 e. The Hall–Kier alpha value is -0.960. The van der Waals surface area contributed by atoms with Crippen LogP contribution < -0.4 is 0 Å². The minimum atomic E-state index is -0.928. The van der Waals surface area contributed by atoms with Gasteiger partial charge in [-0.05, 0) is 19.3 Å². The number of carboxylic acids is 2. The van der Waals surface area contributed by atoms with Crippen LogP contribution in [0.4, 0.5) is 0 Å². The van der Waals surface area contributed by atoms with Gasteiger partial charge in [0.15, 0.2) is 8.46 Å². The van der Waals surface area contributed by atoms with E-state index in [1.165, 1.54) is 25.7 Å². The van der Waals surface area contributed by atoms with Gasteiger partial charge >= 0.3 is 11.9 Å². The van der Waals surface area contributed by atoms with E-state index in [2.05, 4.69) is 6.92 Å². The standard InChI is InChI=1S/C16H29O5P/c1-2-3-4-5-6-7-8-11-16(22-21,12-9-14(17)18)13-10-15(19)20/h2-13H2,1H3,(H,17,18)(H,19,20). The van der Waals surface area contributed by atoms with Crippen molar-refractivity contribution in [2.45, 2.75) is 89.1 Å². The van der Waals surface area contributed by atoms with Gasteiger partial charge in [0, 0.05) is 12.8 Å². The molecule has 128 valence electrons. The van der Waals surface area contributed by atoms with Crippen molar-refractivity contribution in [2.24, 2.45) is 0 Å². The summed E-state index contributed by atoms with van der Waals surface area (Å²) in [6.07, 6.45) is 8.98. The summed E-state index contributed by atoms with van der Waals surface area (Å²) in [5, 5.41) is 16.9. The van der Waals surface area contributed by atoms with Crippen molar-refractivity contribution in [3.05, 3.63) is 0 Å². The highest BCUT2D eigenvalue weighted by Crippen LogP contribution is 2.39. The molecular formula is C16H29O5P. The van der Waals surface area contributed by atoms with Gasteiger partial charge in [0.05, 0.1) is 5.16 Å². The number of hydrogen-bond donors (Lipinski definition) is 2. The highest BCUT2D eigenvalue weighted by molar-refractivity contribution is 7.26. The molecule has 0 saturated heterocycles. The lowest BCUT2D eigenvalue weighted by Crippen LogP contribution is -2.24. The molecule has 2 N–H and O–H groups in total. The molecule has 0 bridgehead atoms. The molecule has 6 heteroatoms. The van der Waals surface area contributed by atoms with Crippen molar-refractivity contribution in [3.63, 3.8) is 0 Å². The van der Waals surface area contributed by atoms with Crippen molar-refractivity contribution < 1.29 is 24.4 Å². The highest BCUT2D eigenvalue weighted by atomic mass is 31.1. The molecule has 5 nitrogen and oxygen atoms in total. The second-order valence-electron chi connectivity index (χ2n) is 5.97. The van der Waals surface area contributed by atoms with Gasteiger partial charge in [-0.25, -0.2) is 0 Å². The van der Waals surface area contributed by atoms with E-state index in [-0.39, 0.29) is 34.1 Å². The molecule has 0 aliphatic carbocycles. The van der Waals surface area contributed by atoms with Crippen LogP contribution in [0.3, 0.4) is 0 Å². The average Bonchev–Trinajstić information content (AvgIpc) is 2.48. The summed E-state index contributed by atoms with van der Waals surface area (Å²) in [5.41, 5.74) is 0. The largest absolute Gasteiger partial charge is 0.481 e. The Morgan fingerprint density at radius 1 is 0.818 bits per heavy atom. The van der Waals surface area contributed by atoms with Crippen LogP contribution in [0.15, 0.2) is 0 Å². The molecule has 0 radical (unpaired) electrons. The summed E-state index contributed by atoms with van der Waals surface area (Å²) >= 11 is 0. The maximum absolute atomic E-state index is 11.6. The van der Waals surface area contributed by atoms with Crippen LogP contribution in [-0.2, 0) is 14.2 Å². The van der Waals surface area contributed by atoms with Crippen LogP contribution in [0, 0.1) is 0 Å². The fraction of sp³-hybridized carbons (Fsp3) is 0.875. The zero-order chi connectivity index (χ0) is 16.8. The van der Waals surface area contributed by atoms with E-state index < -0.39 is 17.1 Å². The van der Waals surface area contributed by atoms with E-state index in [4.69, 9.17) is 10.2 Å². The van der Waals surface area contributed by atoms with Gasteiger partial charge in [-0.15, -0.1) is 0 Å². The van der Waals surface area contributed by atoms with E-state index in [9.17, 15) is 14.2 Å². The minimum Gasteiger partial charge on any atom is -0.481 e. The fourth-order valence-corrected chi connectivity index (χ4v) is 3.26. The Bertz CT molecular complexity index is 325. The molecule has 0 amide bonds. The smallest absolute Gasteiger partial charge is 0.303 e. The number of unbranched alkanes of at least 4 members (excludes halogenated alkanes) is 6. The van der Waals surface area contributed by atoms with Crippen LogP contribution in [0.25, 0.3) is 0 Å². The molecule has 0 spiro atoms. The van der Waals surface area contributed by atoms with Crippen LogP contribution in [-0.4, -0.2) is 27.3 Å². The summed E-state index contributed by atoms with van der Waals surface area (Å²) in [6, 6.07) is 0. The van der Waals surface area contributed by atoms with Crippen LogP contribution in [0.1, 0.15) is 84.0 Å². The summed E-state index contributed by atoms with van der Waals surface area (Å²) in [5.74, 6) is -1.86. The predicted molar refractivity (Wildman–Crippen MR) is 86.7 cm³/mol. The van der Waals surface area contributed by atoms with E-state index in [0.29, 0.717) is 6.42 Å². The average molecular weight is 332 g/mol. The van der Waals surface area contributed by atoms with Gasteiger partial charge in [0.2, 0.25) is 0 Å². The lowest BCUT2D eigenvalue weighted by Gasteiger charge is -2.25. The first-order valence-corrected chi connectivity index (χ1v) is 9.05. The molecule has 0 aromatic heterocycles. The van der Waals surface area contributed by atoms with Crippen LogP contribution in [0.5, 0.6) is 0 Å². The van der Waals surface area contributed by atoms with Crippen LogP contribution in [0.2, 0.25) is 0 Å². The fourth-order valence-electron chi connectivity index (χ4n) is 2.60. The second kappa shape index (κ2) is 12.6. The van der Waals surface area contributed by atoms with Crippen molar-refractivity contribution >= 4 is 20.4 Å². The molecule has 0 fully saturated rings. The van der Waals surface area contributed by atoms with Gasteiger partial charge < -0.3 is 10.2 Å². The van der Waals surface area contributed by atoms with Crippen molar-refractivity contribution in [1.82, 2.24) is 0 Å². The van der Waals surface area contributed by atoms with E-state index >= 15 is 0 Å². The molecule has 22 heavy (non-hydrogen) atoms. The predicted octanol–water partition coefficient (Wildman–Crippen LogP) is 4.89. The van der Waals surface area contributed by atoms with E-state index in [1.54, 1.807) is 0 Å². The van der Waals surface area contributed by atoms with Gasteiger partial charge in [0.25, 0.3) is 0 Å². The first-order valence-electron chi connectivity index (χ1n) is 8.24. The molecule has 0 heterocycles. The highest BCUT2D eigenvalue weighted by Gasteiger charge is 2.31. The Morgan fingerprint density at radius 2 is 1.27 bits per heavy atom. The number of rotatable bonds is 15. The SMILES string of the molecule is CCCCCCCCCC(CCC(=O)O)(CCC(=O)O)P=O. The second-order valence-corrected chi connectivity index (χ2v) is 7.11. The third-order valence-electron chi connectivity index (χ3n) is 4.05. The van der Waals surface area contributed by atoms with Crippen LogP contribution >= 0.6 is 8.46 Å². The van der Waals surface area contributed by atoms with Gasteiger partial charge in [-0.2, -0.15) is 0 Å². The first kappa shape index (κ1) is 21.0. The van der Waals surface area contributed by atoms with Gasteiger partial charge in [-0.1, -0.05) is 51.9 Å². The molecule has 0 atom stereocenters. The van der Waals surface area contributed by atoms with Gasteiger partial charge in [-0.3, -0.25) is 14.2 Å². The number of hydrogen-bond acceptors (Lipinski definition) is 3. The number of aliphatic carboxylic acids is 2. The third kappa shape index (κ3) is 10.7. The monoisotopic (exact) mass is 332 g/mol. The van der Waals surface area contributed by atoms with Crippen molar-refractivity contribution in [2.75, 3.05) is 0 Å². The zero-order valence-electron chi connectivity index (χ0n) is 13.6. The van der Waals surface area contributed by atoms with E-state index in [0.717, 1.165) is 19.3 Å². The summed E-state index contributed by atoms with van der Waals surface area (Å²) in [4.78, 5) is 21.5. The Labute approximate surface area is 134 Å². The lowest BCUT2D eigenvalue weighted by atomic mass is 9.90. The van der Waals surface area contributed by atoms with Crippen molar-refractivity contribution in [1.29, 1.82) is 0 Å². The molecule has 0 unspecified atom stereocenters. The molecule has 0 saturated carbocycles. The number of carbonyl (C=O) groups is 2. The minimum absolute atomic E-state index is 0.0641. The maximum atomic E-state index is 11.6. The van der Waals surface area contributed by atoms with Crippen molar-refractivity contribution in [3.8, 4) is 0 Å². The quantitative estimate of drug-likeness (QED) is 0.329.